The van der Waals surface area contributed by atoms with E-state index in [0.29, 0.717) is 30.8 Å². The van der Waals surface area contributed by atoms with Crippen LogP contribution in [0.4, 0.5) is 11.4 Å². The molecule has 0 spiro atoms. The zero-order valence-corrected chi connectivity index (χ0v) is 17.1. The molecule has 8 heteroatoms. The van der Waals surface area contributed by atoms with Gasteiger partial charge in [0.05, 0.1) is 25.3 Å². The van der Waals surface area contributed by atoms with E-state index in [9.17, 15) is 14.4 Å². The number of methoxy groups -OCH3 is 1. The highest BCUT2D eigenvalue weighted by Crippen LogP contribution is 2.19. The molecule has 1 fully saturated rings. The van der Waals surface area contributed by atoms with Crippen LogP contribution in [0.3, 0.4) is 0 Å². The van der Waals surface area contributed by atoms with Crippen molar-refractivity contribution in [1.29, 1.82) is 0 Å². The van der Waals surface area contributed by atoms with Crippen LogP contribution in [-0.4, -0.2) is 62.5 Å². The monoisotopic (exact) mass is 410 g/mol. The molecule has 0 bridgehead atoms. The standard InChI is InChI=1S/C22H26N4O4/c1-25-11-12-26(20(27)14-25)18-9-3-15(4-10-18)13-19(23)21(28)24-17-7-5-16(6-8-17)22(29)30-2/h3-10,19H,11-14,23H2,1-2H3,(H,24,28). The van der Waals surface area contributed by atoms with Crippen molar-refractivity contribution in [2.24, 2.45) is 5.73 Å². The van der Waals surface area contributed by atoms with Crippen LogP contribution >= 0.6 is 0 Å². The van der Waals surface area contributed by atoms with E-state index >= 15 is 0 Å². The van der Waals surface area contributed by atoms with Gasteiger partial charge in [0.25, 0.3) is 0 Å². The van der Waals surface area contributed by atoms with Gasteiger partial charge in [-0.05, 0) is 55.4 Å². The summed E-state index contributed by atoms with van der Waals surface area (Å²) in [6.07, 6.45) is 0.364. The average molecular weight is 410 g/mol. The SMILES string of the molecule is COC(=O)c1ccc(NC(=O)C(N)Cc2ccc(N3CCN(C)CC3=O)cc2)cc1. The Kier molecular flexibility index (Phi) is 6.81. The summed E-state index contributed by atoms with van der Waals surface area (Å²) < 4.78 is 4.65. The van der Waals surface area contributed by atoms with E-state index in [2.05, 4.69) is 10.1 Å². The van der Waals surface area contributed by atoms with Crippen LogP contribution in [0.5, 0.6) is 0 Å². The lowest BCUT2D eigenvalue weighted by atomic mass is 10.0. The van der Waals surface area contributed by atoms with Gasteiger partial charge in [-0.2, -0.15) is 0 Å². The fourth-order valence-corrected chi connectivity index (χ4v) is 3.26. The van der Waals surface area contributed by atoms with E-state index < -0.39 is 12.0 Å². The molecule has 2 amide bonds. The second-order valence-electron chi connectivity index (χ2n) is 7.32. The molecule has 3 rings (SSSR count). The number of nitrogens with one attached hydrogen (secondary N) is 1. The number of ether oxygens (including phenoxy) is 1. The number of nitrogens with two attached hydrogens (primary N) is 1. The molecule has 2 aromatic rings. The second-order valence-corrected chi connectivity index (χ2v) is 7.32. The number of nitrogens with zero attached hydrogens (tertiary/aromatic N) is 2. The van der Waals surface area contributed by atoms with Crippen LogP contribution in [0.1, 0.15) is 15.9 Å². The van der Waals surface area contributed by atoms with E-state index in [0.717, 1.165) is 17.8 Å². The zero-order chi connectivity index (χ0) is 21.7. The second kappa shape index (κ2) is 9.51. The highest BCUT2D eigenvalue weighted by molar-refractivity contribution is 5.96. The third-order valence-corrected chi connectivity index (χ3v) is 5.03. The van der Waals surface area contributed by atoms with Crippen LogP contribution in [-0.2, 0) is 20.7 Å². The Morgan fingerprint density at radius 2 is 1.77 bits per heavy atom. The number of esters is 1. The van der Waals surface area contributed by atoms with Crippen LogP contribution in [0.2, 0.25) is 0 Å². The minimum Gasteiger partial charge on any atom is -0.465 e. The fourth-order valence-electron chi connectivity index (χ4n) is 3.26. The Labute approximate surface area is 175 Å². The summed E-state index contributed by atoms with van der Waals surface area (Å²) in [5.74, 6) is -0.684. The highest BCUT2D eigenvalue weighted by Gasteiger charge is 2.23. The Balaban J connectivity index is 1.56. The highest BCUT2D eigenvalue weighted by atomic mass is 16.5. The number of carbonyl (C=O) groups is 3. The van der Waals surface area contributed by atoms with E-state index in [1.165, 1.54) is 7.11 Å². The summed E-state index contributed by atoms with van der Waals surface area (Å²) in [5, 5.41) is 2.75. The quantitative estimate of drug-likeness (QED) is 0.695. The normalized spacial score (nSPS) is 15.6. The number of hydrogen-bond acceptors (Lipinski definition) is 6. The van der Waals surface area contributed by atoms with Crippen molar-refractivity contribution in [3.63, 3.8) is 0 Å². The van der Waals surface area contributed by atoms with E-state index in [4.69, 9.17) is 5.73 Å². The van der Waals surface area contributed by atoms with Gasteiger partial charge in [0, 0.05) is 24.5 Å². The maximum Gasteiger partial charge on any atom is 0.337 e. The molecule has 30 heavy (non-hydrogen) atoms. The van der Waals surface area contributed by atoms with Crippen LogP contribution in [0.15, 0.2) is 48.5 Å². The zero-order valence-electron chi connectivity index (χ0n) is 17.1. The predicted molar refractivity (Wildman–Crippen MR) is 114 cm³/mol. The summed E-state index contributed by atoms with van der Waals surface area (Å²) >= 11 is 0. The number of amides is 2. The Morgan fingerprint density at radius 1 is 1.10 bits per heavy atom. The number of likely N-dealkylation sites (N-methyl/N-ethyl adjacent to an activating group) is 1. The molecule has 1 saturated heterocycles. The van der Waals surface area contributed by atoms with Gasteiger partial charge in [-0.3, -0.25) is 14.5 Å². The maximum absolute atomic E-state index is 12.4. The minimum atomic E-state index is -0.735. The molecular formula is C22H26N4O4. The van der Waals surface area contributed by atoms with Gasteiger partial charge >= 0.3 is 5.97 Å². The smallest absolute Gasteiger partial charge is 0.337 e. The van der Waals surface area contributed by atoms with Crippen molar-refractivity contribution in [1.82, 2.24) is 4.90 Å². The van der Waals surface area contributed by atoms with E-state index in [-0.39, 0.29) is 11.8 Å². The van der Waals surface area contributed by atoms with Gasteiger partial charge in [0.2, 0.25) is 11.8 Å². The Bertz CT molecular complexity index is 912. The van der Waals surface area contributed by atoms with Crippen LogP contribution < -0.4 is 16.0 Å². The average Bonchev–Trinajstić information content (AvgIpc) is 2.74. The summed E-state index contributed by atoms with van der Waals surface area (Å²) in [4.78, 5) is 39.8. The van der Waals surface area contributed by atoms with Gasteiger partial charge in [-0.1, -0.05) is 12.1 Å². The van der Waals surface area contributed by atoms with Crippen LogP contribution in [0, 0.1) is 0 Å². The Morgan fingerprint density at radius 3 is 2.37 bits per heavy atom. The molecule has 8 nitrogen and oxygen atoms in total. The lowest BCUT2D eigenvalue weighted by molar-refractivity contribution is -0.121. The molecule has 1 aliphatic rings. The molecule has 1 aliphatic heterocycles. The third-order valence-electron chi connectivity index (χ3n) is 5.03. The van der Waals surface area contributed by atoms with E-state index in [1.54, 1.807) is 29.2 Å². The molecule has 1 unspecified atom stereocenters. The predicted octanol–water partition coefficient (Wildman–Crippen LogP) is 1.26. The molecule has 1 atom stereocenters. The molecule has 0 aliphatic carbocycles. The maximum atomic E-state index is 12.4. The number of benzene rings is 2. The molecule has 0 saturated carbocycles. The van der Waals surface area contributed by atoms with Gasteiger partial charge in [-0.15, -0.1) is 0 Å². The number of carbonyl (C=O) groups excluding carboxylic acids is 3. The number of rotatable bonds is 6. The van der Waals surface area contributed by atoms with Crippen molar-refractivity contribution in [3.8, 4) is 0 Å². The largest absolute Gasteiger partial charge is 0.465 e. The summed E-state index contributed by atoms with van der Waals surface area (Å²) in [5.41, 5.74) is 8.76. The van der Waals surface area contributed by atoms with Crippen LogP contribution in [0.25, 0.3) is 0 Å². The molecule has 3 N–H and O–H groups in total. The van der Waals surface area contributed by atoms with Crippen molar-refractivity contribution in [2.45, 2.75) is 12.5 Å². The lowest BCUT2D eigenvalue weighted by Gasteiger charge is -2.32. The first-order valence-electron chi connectivity index (χ1n) is 9.70. The van der Waals surface area contributed by atoms with Gasteiger partial charge < -0.3 is 20.7 Å². The third kappa shape index (κ3) is 5.22. The lowest BCUT2D eigenvalue weighted by Crippen LogP contribution is -2.48. The summed E-state index contributed by atoms with van der Waals surface area (Å²) in [6, 6.07) is 13.2. The molecule has 2 aromatic carbocycles. The fraction of sp³-hybridized carbons (Fsp3) is 0.318. The summed E-state index contributed by atoms with van der Waals surface area (Å²) in [6.45, 7) is 1.90. The van der Waals surface area contributed by atoms with Crippen molar-refractivity contribution < 1.29 is 19.1 Å². The van der Waals surface area contributed by atoms with Gasteiger partial charge in [-0.25, -0.2) is 4.79 Å². The van der Waals surface area contributed by atoms with Gasteiger partial charge in [0.15, 0.2) is 0 Å². The first-order chi connectivity index (χ1) is 14.4. The van der Waals surface area contributed by atoms with Crippen molar-refractivity contribution in [3.05, 3.63) is 59.7 Å². The summed E-state index contributed by atoms with van der Waals surface area (Å²) in [7, 11) is 3.24. The topological polar surface area (TPSA) is 105 Å². The molecule has 0 aromatic heterocycles. The minimum absolute atomic E-state index is 0.0748. The number of anilines is 2. The Hall–Kier alpha value is -3.23. The molecule has 0 radical (unpaired) electrons. The first kappa shape index (κ1) is 21.5. The first-order valence-corrected chi connectivity index (χ1v) is 9.70. The number of piperazine rings is 1. The van der Waals surface area contributed by atoms with E-state index in [1.807, 2.05) is 36.2 Å². The molecule has 158 valence electrons. The van der Waals surface area contributed by atoms with Gasteiger partial charge in [0.1, 0.15) is 0 Å². The molecular weight excluding hydrogens is 384 g/mol. The molecule has 1 heterocycles. The van der Waals surface area contributed by atoms with Crippen molar-refractivity contribution >= 4 is 29.2 Å². The number of hydrogen-bond donors (Lipinski definition) is 2. The van der Waals surface area contributed by atoms with Crippen molar-refractivity contribution in [2.75, 3.05) is 44.0 Å².